The zero-order valence-electron chi connectivity index (χ0n) is 16.0. The van der Waals surface area contributed by atoms with Crippen molar-refractivity contribution in [2.24, 2.45) is 10.9 Å². The van der Waals surface area contributed by atoms with E-state index in [4.69, 9.17) is 0 Å². The molecule has 0 aromatic rings. The van der Waals surface area contributed by atoms with E-state index in [0.29, 0.717) is 45.1 Å². The van der Waals surface area contributed by atoms with Crippen LogP contribution >= 0.6 is 24.0 Å². The third-order valence-corrected chi connectivity index (χ3v) is 6.72. The summed E-state index contributed by atoms with van der Waals surface area (Å²) >= 11 is 0. The average Bonchev–Trinajstić information content (AvgIpc) is 2.89. The number of nitrogens with zero attached hydrogens (tertiary/aromatic N) is 3. The molecule has 2 aliphatic rings. The average molecular weight is 526 g/mol. The maximum absolute atomic E-state index is 12.9. The smallest absolute Gasteiger partial charge is 0.354 e. The van der Waals surface area contributed by atoms with Gasteiger partial charge in [-0.05, 0) is 33.1 Å². The van der Waals surface area contributed by atoms with Gasteiger partial charge in [-0.1, -0.05) is 0 Å². The van der Waals surface area contributed by atoms with Crippen LogP contribution in [0, 0.1) is 5.92 Å². The Morgan fingerprint density at radius 1 is 1.19 bits per heavy atom. The van der Waals surface area contributed by atoms with Crippen molar-refractivity contribution >= 4 is 39.8 Å². The Kier molecular flexibility index (Phi) is 9.11. The molecule has 27 heavy (non-hydrogen) atoms. The summed E-state index contributed by atoms with van der Waals surface area (Å²) in [6.07, 6.45) is -3.60. The van der Waals surface area contributed by atoms with E-state index in [1.54, 1.807) is 0 Å². The van der Waals surface area contributed by atoms with E-state index in [1.807, 2.05) is 18.7 Å². The summed E-state index contributed by atoms with van der Waals surface area (Å²) in [7, 11) is -2.94. The van der Waals surface area contributed by atoms with Crippen molar-refractivity contribution in [3.05, 3.63) is 0 Å². The highest BCUT2D eigenvalue weighted by Crippen LogP contribution is 2.25. The van der Waals surface area contributed by atoms with Crippen molar-refractivity contribution < 1.29 is 21.6 Å². The molecule has 0 aromatic heterocycles. The van der Waals surface area contributed by atoms with Crippen molar-refractivity contribution in [1.29, 1.82) is 0 Å². The fourth-order valence-electron chi connectivity index (χ4n) is 3.25. The van der Waals surface area contributed by atoms with Crippen molar-refractivity contribution in [3.63, 3.8) is 0 Å². The second-order valence-corrected chi connectivity index (χ2v) is 9.70. The van der Waals surface area contributed by atoms with Crippen LogP contribution in [0.5, 0.6) is 0 Å². The number of guanidine groups is 1. The van der Waals surface area contributed by atoms with Crippen LogP contribution in [-0.2, 0) is 9.84 Å². The number of aliphatic imine (C=N–C) groups is 1. The monoisotopic (exact) mass is 526 g/mol. The molecule has 2 atom stereocenters. The van der Waals surface area contributed by atoms with Gasteiger partial charge in [0.15, 0.2) is 15.8 Å². The third-order valence-electron chi connectivity index (χ3n) is 4.88. The molecule has 0 aromatic carbocycles. The van der Waals surface area contributed by atoms with Gasteiger partial charge in [0.2, 0.25) is 0 Å². The van der Waals surface area contributed by atoms with Crippen molar-refractivity contribution in [2.45, 2.75) is 45.5 Å². The summed E-state index contributed by atoms with van der Waals surface area (Å²) in [5.41, 5.74) is 0. The Labute approximate surface area is 176 Å². The second-order valence-electron chi connectivity index (χ2n) is 7.47. The minimum atomic E-state index is -4.22. The molecule has 0 amide bonds. The van der Waals surface area contributed by atoms with Gasteiger partial charge in [-0.2, -0.15) is 13.2 Å². The molecule has 0 radical (unpaired) electrons. The number of alkyl halides is 3. The molecule has 6 nitrogen and oxygen atoms in total. The molecule has 1 N–H and O–H groups in total. The van der Waals surface area contributed by atoms with E-state index >= 15 is 0 Å². The number of sulfone groups is 1. The molecular weight excluding hydrogens is 496 g/mol. The van der Waals surface area contributed by atoms with Crippen molar-refractivity contribution in [3.8, 4) is 0 Å². The van der Waals surface area contributed by atoms with Gasteiger partial charge in [-0.15, -0.1) is 24.0 Å². The number of nitrogens with one attached hydrogen (secondary N) is 1. The van der Waals surface area contributed by atoms with Gasteiger partial charge in [-0.3, -0.25) is 9.89 Å². The molecule has 2 aliphatic heterocycles. The lowest BCUT2D eigenvalue weighted by molar-refractivity contribution is -0.181. The van der Waals surface area contributed by atoms with Crippen molar-refractivity contribution in [2.75, 3.05) is 44.2 Å². The van der Waals surface area contributed by atoms with Gasteiger partial charge in [0.05, 0.1) is 11.5 Å². The normalized spacial score (nSPS) is 25.4. The molecule has 0 saturated carbocycles. The molecule has 160 valence electrons. The first-order chi connectivity index (χ1) is 12.0. The number of halogens is 4. The number of rotatable bonds is 4. The SMILES string of the molecule is CC(C)NC(=NCC1CCS(=O)(=O)C1)N1CCN(C(C)C(F)(F)F)CC1.I. The van der Waals surface area contributed by atoms with Gasteiger partial charge in [0.1, 0.15) is 6.04 Å². The summed E-state index contributed by atoms with van der Waals surface area (Å²) in [5.74, 6) is 1.07. The van der Waals surface area contributed by atoms with Gasteiger partial charge in [-0.25, -0.2) is 8.42 Å². The lowest BCUT2D eigenvalue weighted by Gasteiger charge is -2.40. The van der Waals surface area contributed by atoms with Gasteiger partial charge < -0.3 is 10.2 Å². The first kappa shape index (κ1) is 24.7. The summed E-state index contributed by atoms with van der Waals surface area (Å²) in [6, 6.07) is -1.32. The summed E-state index contributed by atoms with van der Waals surface area (Å²) < 4.78 is 61.8. The quantitative estimate of drug-likeness (QED) is 0.345. The predicted molar refractivity (Wildman–Crippen MR) is 111 cm³/mol. The van der Waals surface area contributed by atoms with Crippen LogP contribution in [0.15, 0.2) is 4.99 Å². The minimum Gasteiger partial charge on any atom is -0.354 e. The molecule has 2 fully saturated rings. The zero-order valence-corrected chi connectivity index (χ0v) is 19.1. The molecule has 2 heterocycles. The molecule has 0 bridgehead atoms. The topological polar surface area (TPSA) is 65.0 Å². The number of piperazine rings is 1. The van der Waals surface area contributed by atoms with Crippen molar-refractivity contribution in [1.82, 2.24) is 15.1 Å². The largest absolute Gasteiger partial charge is 0.403 e. The molecule has 0 aliphatic carbocycles. The molecule has 2 rings (SSSR count). The van der Waals surface area contributed by atoms with E-state index in [0.717, 1.165) is 0 Å². The molecule has 2 saturated heterocycles. The third kappa shape index (κ3) is 7.56. The highest BCUT2D eigenvalue weighted by atomic mass is 127. The predicted octanol–water partition coefficient (Wildman–Crippen LogP) is 1.96. The van der Waals surface area contributed by atoms with E-state index in [2.05, 4.69) is 10.3 Å². The zero-order chi connectivity index (χ0) is 19.5. The fraction of sp³-hybridized carbons (Fsp3) is 0.938. The lowest BCUT2D eigenvalue weighted by atomic mass is 10.1. The Morgan fingerprint density at radius 3 is 2.22 bits per heavy atom. The highest BCUT2D eigenvalue weighted by Gasteiger charge is 2.41. The molecule has 11 heteroatoms. The van der Waals surface area contributed by atoms with Crippen LogP contribution in [0.1, 0.15) is 27.2 Å². The molecule has 0 spiro atoms. The van der Waals surface area contributed by atoms with Gasteiger partial charge in [0, 0.05) is 38.8 Å². The fourth-order valence-corrected chi connectivity index (χ4v) is 5.10. The van der Waals surface area contributed by atoms with Crippen LogP contribution in [-0.4, -0.2) is 86.7 Å². The highest BCUT2D eigenvalue weighted by molar-refractivity contribution is 14.0. The Morgan fingerprint density at radius 2 is 1.78 bits per heavy atom. The standard InChI is InChI=1S/C16H29F3N4O2S.HI/c1-12(2)21-15(20-10-14-4-9-26(24,25)11-14)23-7-5-22(6-8-23)13(3)16(17,18)19;/h12-14H,4-11H2,1-3H3,(H,20,21);1H. The summed E-state index contributed by atoms with van der Waals surface area (Å²) in [4.78, 5) is 7.98. The van der Waals surface area contributed by atoms with Crippen LogP contribution in [0.4, 0.5) is 13.2 Å². The first-order valence-electron chi connectivity index (χ1n) is 9.05. The first-order valence-corrected chi connectivity index (χ1v) is 10.9. The van der Waals surface area contributed by atoms with Gasteiger partial charge in [0.25, 0.3) is 0 Å². The van der Waals surface area contributed by atoms with E-state index in [9.17, 15) is 21.6 Å². The van der Waals surface area contributed by atoms with Crippen LogP contribution in [0.3, 0.4) is 0 Å². The van der Waals surface area contributed by atoms with E-state index in [1.165, 1.54) is 11.8 Å². The molecule has 2 unspecified atom stereocenters. The summed E-state index contributed by atoms with van der Waals surface area (Å²) in [5, 5.41) is 3.25. The Hall–Kier alpha value is -0.300. The number of hydrogen-bond acceptors (Lipinski definition) is 4. The Bertz CT molecular complexity index is 605. The Balaban J connectivity index is 0.00000364. The summed E-state index contributed by atoms with van der Waals surface area (Å²) in [6.45, 7) is 7.11. The lowest BCUT2D eigenvalue weighted by Crippen LogP contribution is -2.57. The second kappa shape index (κ2) is 9.95. The van der Waals surface area contributed by atoms with Crippen LogP contribution < -0.4 is 5.32 Å². The van der Waals surface area contributed by atoms with E-state index in [-0.39, 0.29) is 47.4 Å². The molecular formula is C16H30F3IN4O2S. The van der Waals surface area contributed by atoms with Crippen LogP contribution in [0.25, 0.3) is 0 Å². The maximum Gasteiger partial charge on any atom is 0.403 e. The maximum atomic E-state index is 12.9. The van der Waals surface area contributed by atoms with Gasteiger partial charge >= 0.3 is 6.18 Å². The minimum absolute atomic E-state index is 0. The number of hydrogen-bond donors (Lipinski definition) is 1. The van der Waals surface area contributed by atoms with E-state index < -0.39 is 22.1 Å². The van der Waals surface area contributed by atoms with Crippen LogP contribution in [0.2, 0.25) is 0 Å².